The maximum atomic E-state index is 13.0. The van der Waals surface area contributed by atoms with Crippen LogP contribution in [0.1, 0.15) is 357 Å². The van der Waals surface area contributed by atoms with Gasteiger partial charge >= 0.3 is 39.5 Å². The summed E-state index contributed by atoms with van der Waals surface area (Å²) >= 11 is 0. The van der Waals surface area contributed by atoms with Gasteiger partial charge in [-0.1, -0.05) is 305 Å². The van der Waals surface area contributed by atoms with E-state index in [0.717, 1.165) is 108 Å². The van der Waals surface area contributed by atoms with Gasteiger partial charge in [0, 0.05) is 25.7 Å². The first kappa shape index (κ1) is 88.1. The highest BCUT2D eigenvalue weighted by atomic mass is 31.2. The topological polar surface area (TPSA) is 237 Å². The van der Waals surface area contributed by atoms with E-state index >= 15 is 0 Å². The number of phosphoric ester groups is 2. The average Bonchev–Trinajstić information content (AvgIpc) is 3.74. The van der Waals surface area contributed by atoms with Crippen LogP contribution in [0.5, 0.6) is 0 Å². The van der Waals surface area contributed by atoms with Crippen LogP contribution in [0.2, 0.25) is 0 Å². The van der Waals surface area contributed by atoms with Gasteiger partial charge in [-0.3, -0.25) is 37.3 Å². The molecule has 0 radical (unpaired) electrons. The maximum Gasteiger partial charge on any atom is 0.472 e. The highest BCUT2D eigenvalue weighted by molar-refractivity contribution is 7.47. The number of carbonyl (C=O) groups excluding carboxylic acids is 4. The Morgan fingerprint density at radius 1 is 0.311 bits per heavy atom. The molecule has 3 N–H and O–H groups in total. The van der Waals surface area contributed by atoms with Gasteiger partial charge in [-0.05, 0) is 43.4 Å². The molecule has 0 saturated heterocycles. The number of rotatable bonds is 69. The van der Waals surface area contributed by atoms with Gasteiger partial charge in [-0.2, -0.15) is 0 Å². The van der Waals surface area contributed by atoms with E-state index in [1.165, 1.54) is 167 Å². The second-order valence-electron chi connectivity index (χ2n) is 26.4. The predicted octanol–water partition coefficient (Wildman–Crippen LogP) is 20.2. The minimum absolute atomic E-state index is 0.105. The van der Waals surface area contributed by atoms with Crippen molar-refractivity contribution >= 4 is 39.5 Å². The SMILES string of the molecule is CCCCCCCCCCCCCCC(=O)OC[C@H](COP(=O)(O)OC[C@H](O)COP(=O)(O)OC[C@@H](COC(=O)CCCCCCCCCCC(C)CC)OC(=O)CCCCCCCCCCCCC(C)CC)OC(=O)CCCCCCCCCCC(C)CC. The van der Waals surface area contributed by atoms with E-state index in [4.69, 9.17) is 37.0 Å². The van der Waals surface area contributed by atoms with Crippen LogP contribution >= 0.6 is 15.6 Å². The Hall–Kier alpha value is -1.94. The minimum atomic E-state index is -4.95. The number of aliphatic hydroxyl groups excluding tert-OH is 1. The predicted molar refractivity (Wildman–Crippen MR) is 363 cm³/mol. The molecule has 19 heteroatoms. The first-order chi connectivity index (χ1) is 43.3. The molecule has 0 rings (SSSR count). The zero-order valence-corrected chi connectivity index (χ0v) is 60.4. The Morgan fingerprint density at radius 2 is 0.533 bits per heavy atom. The van der Waals surface area contributed by atoms with Crippen molar-refractivity contribution in [1.82, 2.24) is 0 Å². The Morgan fingerprint density at radius 3 is 0.789 bits per heavy atom. The molecule has 0 fully saturated rings. The molecule has 0 heterocycles. The molecule has 90 heavy (non-hydrogen) atoms. The number of aliphatic hydroxyl groups is 1. The largest absolute Gasteiger partial charge is 0.472 e. The monoisotopic (exact) mass is 1320 g/mol. The third-order valence-corrected chi connectivity index (χ3v) is 19.4. The van der Waals surface area contributed by atoms with Crippen LogP contribution in [0.4, 0.5) is 0 Å². The molecule has 0 aliphatic rings. The molecule has 0 aromatic rings. The van der Waals surface area contributed by atoms with Crippen molar-refractivity contribution in [3.8, 4) is 0 Å². The molecule has 0 aromatic carbocycles. The fourth-order valence-corrected chi connectivity index (χ4v) is 12.2. The standard InChI is InChI=1S/C71H138O17P2/c1-8-12-13-14-15-16-17-18-22-31-38-45-52-68(73)81-58-67(88-71(76)55-48-41-34-27-25-30-37-44-51-64(7)11-4)61-86-90(79,80)84-57-65(72)56-83-89(77,78)85-60-66(59-82-69(74)53-46-39-32-26-24-29-36-43-50-63(6)10-3)87-70(75)54-47-40-33-23-20-19-21-28-35-42-49-62(5)9-2/h62-67,72H,8-61H2,1-7H3,(H,77,78)(H,79,80)/t62?,63?,64?,65-,66-,67-/m1/s1. The highest BCUT2D eigenvalue weighted by Gasteiger charge is 2.30. The van der Waals surface area contributed by atoms with Crippen molar-refractivity contribution < 1.29 is 80.2 Å². The lowest BCUT2D eigenvalue weighted by atomic mass is 9.99. The van der Waals surface area contributed by atoms with Crippen molar-refractivity contribution in [2.45, 2.75) is 375 Å². The van der Waals surface area contributed by atoms with Gasteiger partial charge in [0.15, 0.2) is 12.2 Å². The number of hydrogen-bond acceptors (Lipinski definition) is 15. The second kappa shape index (κ2) is 61.9. The van der Waals surface area contributed by atoms with E-state index in [9.17, 15) is 43.2 Å². The number of esters is 4. The first-order valence-corrected chi connectivity index (χ1v) is 40.0. The van der Waals surface area contributed by atoms with Crippen LogP contribution in [0.25, 0.3) is 0 Å². The van der Waals surface area contributed by atoms with Crippen molar-refractivity contribution in [1.29, 1.82) is 0 Å². The van der Waals surface area contributed by atoms with E-state index < -0.39 is 97.5 Å². The third kappa shape index (κ3) is 61.0. The second-order valence-corrected chi connectivity index (χ2v) is 29.3. The van der Waals surface area contributed by atoms with E-state index in [-0.39, 0.29) is 25.7 Å². The van der Waals surface area contributed by atoms with Gasteiger partial charge in [0.1, 0.15) is 19.3 Å². The summed E-state index contributed by atoms with van der Waals surface area (Å²) in [6.07, 6.45) is 45.5. The lowest BCUT2D eigenvalue weighted by molar-refractivity contribution is -0.161. The Balaban J connectivity index is 5.28. The minimum Gasteiger partial charge on any atom is -0.462 e. The lowest BCUT2D eigenvalue weighted by Crippen LogP contribution is -2.30. The molecule has 5 unspecified atom stereocenters. The van der Waals surface area contributed by atoms with Crippen molar-refractivity contribution in [2.24, 2.45) is 17.8 Å². The molecule has 0 amide bonds. The number of hydrogen-bond donors (Lipinski definition) is 3. The summed E-state index contributed by atoms with van der Waals surface area (Å²) in [4.78, 5) is 72.6. The Labute approximate surface area is 549 Å². The summed E-state index contributed by atoms with van der Waals surface area (Å²) in [6.45, 7) is 11.9. The summed E-state index contributed by atoms with van der Waals surface area (Å²) < 4.78 is 68.4. The van der Waals surface area contributed by atoms with Crippen molar-refractivity contribution in [2.75, 3.05) is 39.6 Å². The number of phosphoric acid groups is 2. The zero-order valence-electron chi connectivity index (χ0n) is 58.6. The van der Waals surface area contributed by atoms with Crippen molar-refractivity contribution in [3.63, 3.8) is 0 Å². The van der Waals surface area contributed by atoms with Crippen LogP contribution < -0.4 is 0 Å². The fourth-order valence-electron chi connectivity index (χ4n) is 10.6. The van der Waals surface area contributed by atoms with Gasteiger partial charge in [0.2, 0.25) is 0 Å². The van der Waals surface area contributed by atoms with Crippen LogP contribution in [0.3, 0.4) is 0 Å². The molecular formula is C71H138O17P2. The quantitative estimate of drug-likeness (QED) is 0.0222. The molecule has 0 bridgehead atoms. The van der Waals surface area contributed by atoms with Gasteiger partial charge in [-0.15, -0.1) is 0 Å². The molecule has 8 atom stereocenters. The molecular weight excluding hydrogens is 1190 g/mol. The highest BCUT2D eigenvalue weighted by Crippen LogP contribution is 2.45. The van der Waals surface area contributed by atoms with E-state index in [1.807, 2.05) is 0 Å². The molecule has 0 aliphatic carbocycles. The average molecular weight is 1330 g/mol. The number of unbranched alkanes of at least 4 members (excludes halogenated alkanes) is 34. The Bertz CT molecular complexity index is 1770. The number of ether oxygens (including phenoxy) is 4. The summed E-state index contributed by atoms with van der Waals surface area (Å²) in [5.41, 5.74) is 0. The molecule has 0 saturated carbocycles. The van der Waals surface area contributed by atoms with Crippen LogP contribution in [0, 0.1) is 17.8 Å². The third-order valence-electron chi connectivity index (χ3n) is 17.5. The van der Waals surface area contributed by atoms with Gasteiger partial charge in [0.25, 0.3) is 0 Å². The van der Waals surface area contributed by atoms with Crippen LogP contribution in [0.15, 0.2) is 0 Å². The van der Waals surface area contributed by atoms with Gasteiger partial charge in [-0.25, -0.2) is 9.13 Å². The molecule has 0 spiro atoms. The van der Waals surface area contributed by atoms with E-state index in [1.54, 1.807) is 0 Å². The fraction of sp³-hybridized carbons (Fsp3) is 0.944. The van der Waals surface area contributed by atoms with Gasteiger partial charge < -0.3 is 33.8 Å². The van der Waals surface area contributed by atoms with Crippen LogP contribution in [-0.2, 0) is 65.4 Å². The lowest BCUT2D eigenvalue weighted by Gasteiger charge is -2.21. The molecule has 0 aliphatic heterocycles. The summed E-state index contributed by atoms with van der Waals surface area (Å²) in [6, 6.07) is 0. The van der Waals surface area contributed by atoms with Crippen molar-refractivity contribution in [3.05, 3.63) is 0 Å². The van der Waals surface area contributed by atoms with E-state index in [0.29, 0.717) is 25.7 Å². The molecule has 534 valence electrons. The Kier molecular flexibility index (Phi) is 60.6. The summed E-state index contributed by atoms with van der Waals surface area (Å²) in [5, 5.41) is 10.6. The first-order valence-electron chi connectivity index (χ1n) is 37.0. The van der Waals surface area contributed by atoms with Gasteiger partial charge in [0.05, 0.1) is 26.4 Å². The summed E-state index contributed by atoms with van der Waals surface area (Å²) in [5.74, 6) is 0.225. The zero-order chi connectivity index (χ0) is 66.6. The number of carbonyl (C=O) groups is 4. The van der Waals surface area contributed by atoms with E-state index in [2.05, 4.69) is 48.5 Å². The smallest absolute Gasteiger partial charge is 0.462 e. The summed E-state index contributed by atoms with van der Waals surface area (Å²) in [7, 11) is -9.90. The molecule has 0 aromatic heterocycles. The normalized spacial score (nSPS) is 15.1. The molecule has 17 nitrogen and oxygen atoms in total. The maximum absolute atomic E-state index is 13.0. The van der Waals surface area contributed by atoms with Crippen LogP contribution in [-0.4, -0.2) is 96.7 Å².